The predicted molar refractivity (Wildman–Crippen MR) is 42.3 cm³/mol. The highest BCUT2D eigenvalue weighted by atomic mass is 35.5. The number of halogens is 1. The maximum Gasteiger partial charge on any atom is 0.0499 e. The summed E-state index contributed by atoms with van der Waals surface area (Å²) >= 11 is 0. The van der Waals surface area contributed by atoms with Crippen LogP contribution in [0.3, 0.4) is 0 Å². The summed E-state index contributed by atoms with van der Waals surface area (Å²) in [5.74, 6) is 0. The Morgan fingerprint density at radius 3 is 2.90 bits per heavy atom. The van der Waals surface area contributed by atoms with E-state index in [0.717, 1.165) is 25.9 Å². The molecular weight excluding hydrogens is 152 g/mol. The summed E-state index contributed by atoms with van der Waals surface area (Å²) in [5, 5.41) is 6.76. The first kappa shape index (κ1) is 9.56. The second-order valence-electron chi connectivity index (χ2n) is 2.21. The van der Waals surface area contributed by atoms with Crippen LogP contribution in [0.5, 0.6) is 0 Å². The van der Waals surface area contributed by atoms with E-state index in [2.05, 4.69) is 15.3 Å². The number of nitrogens with zero attached hydrogens (tertiary/aromatic N) is 3. The molecule has 58 valence electrons. The zero-order valence-corrected chi connectivity index (χ0v) is 6.47. The number of azide groups is 1. The fourth-order valence-electron chi connectivity index (χ4n) is 1.01. The number of hydrogen-bond acceptors (Lipinski definition) is 2. The second-order valence-corrected chi connectivity index (χ2v) is 2.21. The zero-order valence-electron chi connectivity index (χ0n) is 5.66. The van der Waals surface area contributed by atoms with Crippen molar-refractivity contribution in [3.8, 4) is 0 Å². The Morgan fingerprint density at radius 1 is 1.60 bits per heavy atom. The minimum absolute atomic E-state index is 0. The van der Waals surface area contributed by atoms with Crippen molar-refractivity contribution in [2.75, 3.05) is 13.1 Å². The van der Waals surface area contributed by atoms with Gasteiger partial charge >= 0.3 is 0 Å². The molecule has 1 heterocycles. The molecule has 0 aliphatic carbocycles. The highest BCUT2D eigenvalue weighted by molar-refractivity contribution is 5.85. The molecule has 1 fully saturated rings. The molecule has 1 rings (SSSR count). The fourth-order valence-corrected chi connectivity index (χ4v) is 1.01. The van der Waals surface area contributed by atoms with E-state index < -0.39 is 0 Å². The molecule has 1 saturated heterocycles. The van der Waals surface area contributed by atoms with Crippen LogP contribution < -0.4 is 5.32 Å². The van der Waals surface area contributed by atoms with Gasteiger partial charge in [-0.1, -0.05) is 5.11 Å². The van der Waals surface area contributed by atoms with Crippen molar-refractivity contribution in [2.45, 2.75) is 18.9 Å². The summed E-state index contributed by atoms with van der Waals surface area (Å²) < 4.78 is 0. The van der Waals surface area contributed by atoms with Gasteiger partial charge in [0, 0.05) is 17.5 Å². The van der Waals surface area contributed by atoms with Crippen molar-refractivity contribution < 1.29 is 0 Å². The predicted octanol–water partition coefficient (Wildman–Crippen LogP) is 1.47. The normalized spacial score (nSPS) is 24.2. The van der Waals surface area contributed by atoms with Crippen molar-refractivity contribution >= 4 is 12.4 Å². The maximum atomic E-state index is 8.05. The van der Waals surface area contributed by atoms with Gasteiger partial charge in [-0.15, -0.1) is 12.4 Å². The molecule has 0 amide bonds. The van der Waals surface area contributed by atoms with Gasteiger partial charge in [-0.3, -0.25) is 0 Å². The molecule has 1 aliphatic rings. The minimum Gasteiger partial charge on any atom is -0.316 e. The standard InChI is InChI=1S/C5H10N4.ClH/c6-9-8-5-2-1-3-7-4-5;/h5,7H,1-4H2;1H. The fraction of sp³-hybridized carbons (Fsp3) is 1.00. The SMILES string of the molecule is Cl.[N-]=[N+]=NC1CCCNC1. The van der Waals surface area contributed by atoms with Crippen LogP contribution in [-0.2, 0) is 0 Å². The first-order chi connectivity index (χ1) is 4.43. The summed E-state index contributed by atoms with van der Waals surface area (Å²) in [7, 11) is 0. The van der Waals surface area contributed by atoms with Gasteiger partial charge in [-0.25, -0.2) is 0 Å². The van der Waals surface area contributed by atoms with Gasteiger partial charge in [0.2, 0.25) is 0 Å². The van der Waals surface area contributed by atoms with E-state index in [-0.39, 0.29) is 18.4 Å². The molecule has 0 bridgehead atoms. The number of hydrogen-bond donors (Lipinski definition) is 1. The third-order valence-corrected chi connectivity index (χ3v) is 1.49. The number of rotatable bonds is 1. The Labute approximate surface area is 66.0 Å². The first-order valence-corrected chi connectivity index (χ1v) is 3.18. The lowest BCUT2D eigenvalue weighted by Gasteiger charge is -2.17. The Bertz CT molecular complexity index is 126. The van der Waals surface area contributed by atoms with Crippen molar-refractivity contribution in [3.05, 3.63) is 10.4 Å². The summed E-state index contributed by atoms with van der Waals surface area (Å²) in [6.07, 6.45) is 2.17. The first-order valence-electron chi connectivity index (χ1n) is 3.18. The average Bonchev–Trinajstić information content (AvgIpc) is 1.91. The van der Waals surface area contributed by atoms with E-state index in [1.807, 2.05) is 0 Å². The smallest absolute Gasteiger partial charge is 0.0499 e. The molecule has 10 heavy (non-hydrogen) atoms. The van der Waals surface area contributed by atoms with E-state index in [1.54, 1.807) is 0 Å². The molecule has 1 atom stereocenters. The van der Waals surface area contributed by atoms with Crippen LogP contribution in [0.15, 0.2) is 5.11 Å². The summed E-state index contributed by atoms with van der Waals surface area (Å²) in [6, 6.07) is 0.198. The molecule has 0 saturated carbocycles. The lowest BCUT2D eigenvalue weighted by Crippen LogP contribution is -2.31. The monoisotopic (exact) mass is 162 g/mol. The quantitative estimate of drug-likeness (QED) is 0.354. The van der Waals surface area contributed by atoms with Gasteiger partial charge in [0.05, 0.1) is 0 Å². The molecule has 1 unspecified atom stereocenters. The van der Waals surface area contributed by atoms with Crippen LogP contribution in [0.4, 0.5) is 0 Å². The van der Waals surface area contributed by atoms with Crippen LogP contribution in [-0.4, -0.2) is 19.1 Å². The molecule has 5 heteroatoms. The molecule has 0 aromatic carbocycles. The lowest BCUT2D eigenvalue weighted by atomic mass is 10.1. The van der Waals surface area contributed by atoms with Gasteiger partial charge in [0.1, 0.15) is 0 Å². The third-order valence-electron chi connectivity index (χ3n) is 1.49. The van der Waals surface area contributed by atoms with E-state index in [4.69, 9.17) is 5.53 Å². The van der Waals surface area contributed by atoms with Crippen molar-refractivity contribution in [2.24, 2.45) is 5.11 Å². The third kappa shape index (κ3) is 2.92. The largest absolute Gasteiger partial charge is 0.316 e. The molecule has 0 aromatic rings. The van der Waals surface area contributed by atoms with E-state index in [0.29, 0.717) is 0 Å². The molecule has 1 aliphatic heterocycles. The van der Waals surface area contributed by atoms with Crippen LogP contribution in [0.2, 0.25) is 0 Å². The van der Waals surface area contributed by atoms with Crippen molar-refractivity contribution in [1.29, 1.82) is 0 Å². The van der Waals surface area contributed by atoms with Crippen molar-refractivity contribution in [3.63, 3.8) is 0 Å². The van der Waals surface area contributed by atoms with Crippen LogP contribution in [0.25, 0.3) is 10.4 Å². The Kier molecular flexibility index (Phi) is 5.12. The van der Waals surface area contributed by atoms with E-state index in [1.165, 1.54) is 0 Å². The summed E-state index contributed by atoms with van der Waals surface area (Å²) in [6.45, 7) is 1.92. The summed E-state index contributed by atoms with van der Waals surface area (Å²) in [4.78, 5) is 2.74. The average molecular weight is 163 g/mol. The van der Waals surface area contributed by atoms with Gasteiger partial charge < -0.3 is 5.32 Å². The molecular formula is C5H11ClN4. The van der Waals surface area contributed by atoms with Gasteiger partial charge in [0.25, 0.3) is 0 Å². The lowest BCUT2D eigenvalue weighted by molar-refractivity contribution is 0.458. The van der Waals surface area contributed by atoms with E-state index >= 15 is 0 Å². The number of piperidine rings is 1. The number of nitrogens with one attached hydrogen (secondary N) is 1. The van der Waals surface area contributed by atoms with Gasteiger partial charge in [-0.2, -0.15) is 0 Å². The summed E-state index contributed by atoms with van der Waals surface area (Å²) in [5.41, 5.74) is 8.05. The van der Waals surface area contributed by atoms with Crippen molar-refractivity contribution in [1.82, 2.24) is 5.32 Å². The van der Waals surface area contributed by atoms with Gasteiger partial charge in [0.15, 0.2) is 0 Å². The highest BCUT2D eigenvalue weighted by Gasteiger charge is 2.09. The van der Waals surface area contributed by atoms with Crippen LogP contribution in [0.1, 0.15) is 12.8 Å². The molecule has 4 nitrogen and oxygen atoms in total. The molecule has 0 radical (unpaired) electrons. The molecule has 0 spiro atoms. The molecule has 0 aromatic heterocycles. The maximum absolute atomic E-state index is 8.05. The highest BCUT2D eigenvalue weighted by Crippen LogP contribution is 2.04. The topological polar surface area (TPSA) is 60.8 Å². The van der Waals surface area contributed by atoms with Gasteiger partial charge in [-0.05, 0) is 24.9 Å². The Hall–Kier alpha value is -0.440. The minimum atomic E-state index is 0. The van der Waals surface area contributed by atoms with Crippen LogP contribution >= 0.6 is 12.4 Å². The zero-order chi connectivity index (χ0) is 6.53. The molecule has 1 N–H and O–H groups in total. The Morgan fingerprint density at radius 2 is 2.40 bits per heavy atom. The Balaban J connectivity index is 0.000000810. The second kappa shape index (κ2) is 5.35. The van der Waals surface area contributed by atoms with E-state index in [9.17, 15) is 0 Å². The van der Waals surface area contributed by atoms with Crippen LogP contribution in [0, 0.1) is 0 Å².